The molecule has 0 bridgehead atoms. The molecular weight excluding hydrogens is 416 g/mol. The van der Waals surface area contributed by atoms with Gasteiger partial charge in [0.2, 0.25) is 5.76 Å². The van der Waals surface area contributed by atoms with Gasteiger partial charge in [-0.3, -0.25) is 9.59 Å². The zero-order valence-electron chi connectivity index (χ0n) is 19.0. The number of benzene rings is 3. The molecule has 0 radical (unpaired) electrons. The zero-order valence-corrected chi connectivity index (χ0v) is 19.0. The fourth-order valence-corrected chi connectivity index (χ4v) is 4.75. The van der Waals surface area contributed by atoms with Crippen LogP contribution in [0.2, 0.25) is 0 Å². The van der Waals surface area contributed by atoms with E-state index >= 15 is 0 Å². The molecule has 33 heavy (non-hydrogen) atoms. The van der Waals surface area contributed by atoms with E-state index in [-0.39, 0.29) is 17.1 Å². The lowest BCUT2D eigenvalue weighted by Crippen LogP contribution is -2.32. The van der Waals surface area contributed by atoms with Gasteiger partial charge in [0.05, 0.1) is 24.1 Å². The number of rotatable bonds is 6. The Morgan fingerprint density at radius 2 is 1.73 bits per heavy atom. The van der Waals surface area contributed by atoms with Crippen molar-refractivity contribution < 1.29 is 13.9 Å². The highest BCUT2D eigenvalue weighted by atomic mass is 16.5. The lowest BCUT2D eigenvalue weighted by molar-refractivity contribution is 0.0721. The van der Waals surface area contributed by atoms with Gasteiger partial charge in [-0.05, 0) is 44.6 Å². The minimum atomic E-state index is -0.557. The van der Waals surface area contributed by atoms with Crippen molar-refractivity contribution in [1.29, 1.82) is 0 Å². The summed E-state index contributed by atoms with van der Waals surface area (Å²) in [5.41, 5.74) is 1.46. The summed E-state index contributed by atoms with van der Waals surface area (Å²) in [4.78, 5) is 31.3. The van der Waals surface area contributed by atoms with E-state index in [1.807, 2.05) is 68.7 Å². The van der Waals surface area contributed by atoms with Crippen LogP contribution in [-0.2, 0) is 0 Å². The molecule has 2 heterocycles. The van der Waals surface area contributed by atoms with Crippen molar-refractivity contribution in [3.8, 4) is 5.75 Å². The third-order valence-corrected chi connectivity index (χ3v) is 6.30. The first kappa shape index (κ1) is 21.2. The maximum absolute atomic E-state index is 13.8. The number of hydrogen-bond acceptors (Lipinski definition) is 5. The molecule has 0 unspecified atom stereocenters. The van der Waals surface area contributed by atoms with Gasteiger partial charge in [-0.15, -0.1) is 0 Å². The van der Waals surface area contributed by atoms with E-state index in [1.54, 1.807) is 18.1 Å². The molecule has 0 fully saturated rings. The Hall–Kier alpha value is -3.64. The number of ether oxygens (including phenoxy) is 1. The second-order valence-corrected chi connectivity index (χ2v) is 8.64. The van der Waals surface area contributed by atoms with Crippen molar-refractivity contribution in [3.63, 3.8) is 0 Å². The normalized spacial score (nSPS) is 15.6. The number of hydrogen-bond donors (Lipinski definition) is 0. The molecule has 1 aliphatic heterocycles. The standard InChI is InChI=1S/C27H26N2O4/c1-28(2)15-8-16-29-23(19-11-6-7-12-21(19)32-3)22-24(30)20-14-13-17-9-4-5-10-18(17)25(20)33-26(22)27(29)31/h4-7,9-14,23H,8,15-16H2,1-3H3/t23-/m0/s1. The summed E-state index contributed by atoms with van der Waals surface area (Å²) in [6, 6.07) is 18.4. The summed E-state index contributed by atoms with van der Waals surface area (Å²) in [5, 5.41) is 2.26. The summed E-state index contributed by atoms with van der Waals surface area (Å²) in [5.74, 6) is 0.509. The fourth-order valence-electron chi connectivity index (χ4n) is 4.75. The van der Waals surface area contributed by atoms with Crippen molar-refractivity contribution in [1.82, 2.24) is 9.80 Å². The van der Waals surface area contributed by atoms with Gasteiger partial charge in [-0.25, -0.2) is 0 Å². The largest absolute Gasteiger partial charge is 0.496 e. The molecular formula is C27H26N2O4. The second-order valence-electron chi connectivity index (χ2n) is 8.64. The molecule has 1 atom stereocenters. The first-order valence-corrected chi connectivity index (χ1v) is 11.1. The Morgan fingerprint density at radius 3 is 2.52 bits per heavy atom. The zero-order chi connectivity index (χ0) is 23.1. The highest BCUT2D eigenvalue weighted by molar-refractivity contribution is 6.06. The van der Waals surface area contributed by atoms with E-state index in [1.165, 1.54) is 0 Å². The maximum atomic E-state index is 13.8. The maximum Gasteiger partial charge on any atom is 0.290 e. The third-order valence-electron chi connectivity index (χ3n) is 6.30. The van der Waals surface area contributed by atoms with Gasteiger partial charge in [0.1, 0.15) is 11.3 Å². The van der Waals surface area contributed by atoms with Crippen LogP contribution >= 0.6 is 0 Å². The smallest absolute Gasteiger partial charge is 0.290 e. The Balaban J connectivity index is 1.75. The van der Waals surface area contributed by atoms with Gasteiger partial charge in [-0.2, -0.15) is 0 Å². The topological polar surface area (TPSA) is 63.0 Å². The molecule has 0 saturated heterocycles. The number of para-hydroxylation sites is 1. The van der Waals surface area contributed by atoms with E-state index in [2.05, 4.69) is 4.90 Å². The molecule has 0 N–H and O–H groups in total. The van der Waals surface area contributed by atoms with Gasteiger partial charge in [0, 0.05) is 17.5 Å². The van der Waals surface area contributed by atoms with Gasteiger partial charge in [0.25, 0.3) is 5.91 Å². The SMILES string of the molecule is COc1ccccc1[C@H]1c2c(oc3c(ccc4ccccc43)c2=O)C(=O)N1CCCN(C)C. The van der Waals surface area contributed by atoms with Crippen LogP contribution in [0.1, 0.15) is 34.1 Å². The summed E-state index contributed by atoms with van der Waals surface area (Å²) in [7, 11) is 5.60. The van der Waals surface area contributed by atoms with Crippen LogP contribution in [0.4, 0.5) is 0 Å². The van der Waals surface area contributed by atoms with E-state index in [9.17, 15) is 9.59 Å². The van der Waals surface area contributed by atoms with Crippen LogP contribution < -0.4 is 10.2 Å². The van der Waals surface area contributed by atoms with Crippen LogP contribution in [-0.4, -0.2) is 50.0 Å². The quantitative estimate of drug-likeness (QED) is 0.413. The Morgan fingerprint density at radius 1 is 0.970 bits per heavy atom. The van der Waals surface area contributed by atoms with Gasteiger partial charge >= 0.3 is 0 Å². The van der Waals surface area contributed by atoms with Crippen molar-refractivity contribution in [2.75, 3.05) is 34.3 Å². The molecule has 0 saturated carbocycles. The second kappa shape index (κ2) is 8.37. The average molecular weight is 443 g/mol. The molecule has 1 amide bonds. The average Bonchev–Trinajstić information content (AvgIpc) is 3.10. The molecule has 1 aromatic heterocycles. The number of carbonyl (C=O) groups excluding carboxylic acids is 1. The summed E-state index contributed by atoms with van der Waals surface area (Å²) >= 11 is 0. The summed E-state index contributed by atoms with van der Waals surface area (Å²) < 4.78 is 11.9. The predicted octanol–water partition coefficient (Wildman–Crippen LogP) is 4.45. The van der Waals surface area contributed by atoms with Crippen molar-refractivity contribution in [2.24, 2.45) is 0 Å². The van der Waals surface area contributed by atoms with Gasteiger partial charge in [-0.1, -0.05) is 48.5 Å². The van der Waals surface area contributed by atoms with E-state index in [0.717, 1.165) is 29.3 Å². The highest BCUT2D eigenvalue weighted by Gasteiger charge is 2.43. The molecule has 5 rings (SSSR count). The van der Waals surface area contributed by atoms with E-state index in [4.69, 9.17) is 9.15 Å². The van der Waals surface area contributed by atoms with Crippen molar-refractivity contribution >= 4 is 27.6 Å². The lowest BCUT2D eigenvalue weighted by atomic mass is 9.96. The molecule has 3 aromatic carbocycles. The first-order chi connectivity index (χ1) is 16.0. The number of methoxy groups -OCH3 is 1. The van der Waals surface area contributed by atoms with Crippen LogP contribution in [0.3, 0.4) is 0 Å². The van der Waals surface area contributed by atoms with Crippen LogP contribution in [0.5, 0.6) is 5.75 Å². The first-order valence-electron chi connectivity index (χ1n) is 11.1. The van der Waals surface area contributed by atoms with E-state index < -0.39 is 6.04 Å². The Bertz CT molecular complexity index is 1420. The highest BCUT2D eigenvalue weighted by Crippen LogP contribution is 2.42. The minimum Gasteiger partial charge on any atom is -0.496 e. The predicted molar refractivity (Wildman–Crippen MR) is 129 cm³/mol. The summed E-state index contributed by atoms with van der Waals surface area (Å²) in [6.45, 7) is 1.33. The van der Waals surface area contributed by atoms with Gasteiger partial charge in [0.15, 0.2) is 5.43 Å². The number of amides is 1. The monoisotopic (exact) mass is 442 g/mol. The molecule has 4 aromatic rings. The van der Waals surface area contributed by atoms with E-state index in [0.29, 0.717) is 28.8 Å². The molecule has 6 nitrogen and oxygen atoms in total. The molecule has 0 aliphatic carbocycles. The number of fused-ring (bicyclic) bond motifs is 4. The summed E-state index contributed by atoms with van der Waals surface area (Å²) in [6.07, 6.45) is 0.773. The number of carbonyl (C=O) groups is 1. The fraction of sp³-hybridized carbons (Fsp3) is 0.259. The van der Waals surface area contributed by atoms with Crippen LogP contribution in [0.25, 0.3) is 21.7 Å². The third kappa shape index (κ3) is 3.47. The van der Waals surface area contributed by atoms with Gasteiger partial charge < -0.3 is 19.0 Å². The molecule has 0 spiro atoms. The van der Waals surface area contributed by atoms with Crippen LogP contribution in [0, 0.1) is 0 Å². The number of nitrogens with zero attached hydrogens (tertiary/aromatic N) is 2. The Kier molecular flexibility index (Phi) is 5.38. The molecule has 6 heteroatoms. The van der Waals surface area contributed by atoms with Crippen molar-refractivity contribution in [2.45, 2.75) is 12.5 Å². The van der Waals surface area contributed by atoms with Crippen molar-refractivity contribution in [3.05, 3.63) is 87.8 Å². The lowest BCUT2D eigenvalue weighted by Gasteiger charge is -2.26. The molecule has 1 aliphatic rings. The molecule has 168 valence electrons. The Labute approximate surface area is 192 Å². The van der Waals surface area contributed by atoms with Crippen LogP contribution in [0.15, 0.2) is 69.9 Å². The minimum absolute atomic E-state index is 0.129.